The monoisotopic (exact) mass is 394 g/mol. The smallest absolute Gasteiger partial charge is 0.274 e. The molecule has 0 radical (unpaired) electrons. The van der Waals surface area contributed by atoms with Gasteiger partial charge in [-0.3, -0.25) is 14.8 Å². The van der Waals surface area contributed by atoms with Gasteiger partial charge in [0.2, 0.25) is 0 Å². The standard InChI is InChI=1S/C23H30N4O2/c1-29-18-6-2-5-17(13-18)14-26-11-4-9-23(15-26)10-12-27(16-23)22(28)21-19-7-3-8-20(19)24-25-21/h2,5-6,13H,3-4,7-12,14-16H2,1H3,(H,24,25). The Bertz CT molecular complexity index is 908. The zero-order chi connectivity index (χ0) is 19.8. The number of piperidine rings is 1. The summed E-state index contributed by atoms with van der Waals surface area (Å²) in [6.07, 6.45) is 6.65. The molecule has 2 aliphatic heterocycles. The van der Waals surface area contributed by atoms with Gasteiger partial charge >= 0.3 is 0 Å². The Morgan fingerprint density at radius 2 is 2.14 bits per heavy atom. The summed E-state index contributed by atoms with van der Waals surface area (Å²) in [5.74, 6) is 1.05. The van der Waals surface area contributed by atoms with E-state index in [-0.39, 0.29) is 11.3 Å². The molecule has 1 aromatic carbocycles. The number of benzene rings is 1. The summed E-state index contributed by atoms with van der Waals surface area (Å²) in [6.45, 7) is 4.85. The summed E-state index contributed by atoms with van der Waals surface area (Å²) in [6, 6.07) is 8.36. The van der Waals surface area contributed by atoms with Crippen molar-refractivity contribution in [1.29, 1.82) is 0 Å². The number of likely N-dealkylation sites (tertiary alicyclic amines) is 2. The van der Waals surface area contributed by atoms with Gasteiger partial charge in [-0.2, -0.15) is 5.10 Å². The quantitative estimate of drug-likeness (QED) is 0.866. The second kappa shape index (κ2) is 7.48. The molecule has 1 N–H and O–H groups in total. The molecule has 3 aliphatic rings. The van der Waals surface area contributed by atoms with E-state index in [1.807, 2.05) is 6.07 Å². The number of nitrogens with zero attached hydrogens (tertiary/aromatic N) is 3. The number of carbonyl (C=O) groups is 1. The fourth-order valence-corrected chi connectivity index (χ4v) is 5.56. The van der Waals surface area contributed by atoms with Gasteiger partial charge < -0.3 is 9.64 Å². The highest BCUT2D eigenvalue weighted by atomic mass is 16.5. The highest BCUT2D eigenvalue weighted by Crippen LogP contribution is 2.40. The number of aromatic amines is 1. The van der Waals surface area contributed by atoms with E-state index in [4.69, 9.17) is 4.74 Å². The van der Waals surface area contributed by atoms with Gasteiger partial charge in [-0.1, -0.05) is 12.1 Å². The van der Waals surface area contributed by atoms with E-state index in [2.05, 4.69) is 38.2 Å². The number of H-pyrrole nitrogens is 1. The largest absolute Gasteiger partial charge is 0.497 e. The van der Waals surface area contributed by atoms with Crippen LogP contribution in [0.15, 0.2) is 24.3 Å². The molecule has 2 fully saturated rings. The average Bonchev–Trinajstić information content (AvgIpc) is 3.44. The first-order valence-corrected chi connectivity index (χ1v) is 10.9. The molecule has 1 atom stereocenters. The molecule has 0 bridgehead atoms. The van der Waals surface area contributed by atoms with Crippen LogP contribution < -0.4 is 4.74 Å². The molecular weight excluding hydrogens is 364 g/mol. The van der Waals surface area contributed by atoms with Crippen LogP contribution in [0.1, 0.15) is 53.0 Å². The Balaban J connectivity index is 1.26. The van der Waals surface area contributed by atoms with Crippen LogP contribution in [0, 0.1) is 5.41 Å². The number of hydrogen-bond acceptors (Lipinski definition) is 4. The third-order valence-corrected chi connectivity index (χ3v) is 7.02. The second-order valence-corrected chi connectivity index (χ2v) is 9.03. The molecule has 29 heavy (non-hydrogen) atoms. The minimum Gasteiger partial charge on any atom is -0.497 e. The van der Waals surface area contributed by atoms with E-state index in [1.54, 1.807) is 7.11 Å². The molecule has 1 amide bonds. The summed E-state index contributed by atoms with van der Waals surface area (Å²) in [4.78, 5) is 17.8. The van der Waals surface area contributed by atoms with Crippen LogP contribution in [0.5, 0.6) is 5.75 Å². The number of amides is 1. The molecule has 6 nitrogen and oxygen atoms in total. The lowest BCUT2D eigenvalue weighted by atomic mass is 9.79. The van der Waals surface area contributed by atoms with Crippen LogP contribution in [0.2, 0.25) is 0 Å². The first-order chi connectivity index (χ1) is 14.2. The number of aromatic nitrogens is 2. The third-order valence-electron chi connectivity index (χ3n) is 7.02. The van der Waals surface area contributed by atoms with Gasteiger partial charge in [0.15, 0.2) is 5.69 Å². The van der Waals surface area contributed by atoms with Crippen molar-refractivity contribution in [3.63, 3.8) is 0 Å². The SMILES string of the molecule is COc1cccc(CN2CCCC3(CCN(C(=O)c4n[nH]c5c4CCC5)C3)C2)c1. The zero-order valence-electron chi connectivity index (χ0n) is 17.2. The molecule has 3 heterocycles. The highest BCUT2D eigenvalue weighted by Gasteiger charge is 2.43. The molecule has 2 aromatic rings. The Labute approximate surface area is 172 Å². The van der Waals surface area contributed by atoms with Crippen molar-refractivity contribution >= 4 is 5.91 Å². The van der Waals surface area contributed by atoms with Crippen LogP contribution in [0.3, 0.4) is 0 Å². The molecule has 0 saturated carbocycles. The molecule has 1 aromatic heterocycles. The van der Waals surface area contributed by atoms with Crippen molar-refractivity contribution in [3.8, 4) is 5.75 Å². The topological polar surface area (TPSA) is 61.5 Å². The van der Waals surface area contributed by atoms with E-state index in [0.717, 1.165) is 64.2 Å². The van der Waals surface area contributed by atoms with Crippen LogP contribution in [-0.4, -0.2) is 59.2 Å². The lowest BCUT2D eigenvalue weighted by Crippen LogP contribution is -2.45. The number of carbonyl (C=O) groups excluding carboxylic acids is 1. The fourth-order valence-electron chi connectivity index (χ4n) is 5.56. The van der Waals surface area contributed by atoms with Crippen molar-refractivity contribution < 1.29 is 9.53 Å². The van der Waals surface area contributed by atoms with Crippen molar-refractivity contribution in [1.82, 2.24) is 20.0 Å². The number of nitrogens with one attached hydrogen (secondary N) is 1. The maximum Gasteiger partial charge on any atom is 0.274 e. The first-order valence-electron chi connectivity index (χ1n) is 10.9. The van der Waals surface area contributed by atoms with Gasteiger partial charge in [0.1, 0.15) is 5.75 Å². The molecule has 1 unspecified atom stereocenters. The summed E-state index contributed by atoms with van der Waals surface area (Å²) >= 11 is 0. The number of aryl methyl sites for hydroxylation is 1. The first kappa shape index (κ1) is 18.7. The molecule has 1 spiro atoms. The molecule has 5 rings (SSSR count). The molecule has 2 saturated heterocycles. The molecule has 1 aliphatic carbocycles. The number of hydrogen-bond donors (Lipinski definition) is 1. The Morgan fingerprint density at radius 3 is 3.03 bits per heavy atom. The van der Waals surface area contributed by atoms with Gasteiger partial charge in [-0.05, 0) is 62.8 Å². The Hall–Kier alpha value is -2.34. The zero-order valence-corrected chi connectivity index (χ0v) is 17.2. The van der Waals surface area contributed by atoms with Crippen LogP contribution in [0.4, 0.5) is 0 Å². The predicted molar refractivity (Wildman–Crippen MR) is 111 cm³/mol. The highest BCUT2D eigenvalue weighted by molar-refractivity contribution is 5.94. The van der Waals surface area contributed by atoms with Gasteiger partial charge in [-0.25, -0.2) is 0 Å². The van der Waals surface area contributed by atoms with Gasteiger partial charge in [0, 0.05) is 42.9 Å². The lowest BCUT2D eigenvalue weighted by molar-refractivity contribution is 0.0670. The van der Waals surface area contributed by atoms with Gasteiger partial charge in [-0.15, -0.1) is 0 Å². The number of ether oxygens (including phenoxy) is 1. The fraction of sp³-hybridized carbons (Fsp3) is 0.565. The minimum absolute atomic E-state index is 0.131. The molecule has 6 heteroatoms. The van der Waals surface area contributed by atoms with Crippen LogP contribution in [0.25, 0.3) is 0 Å². The second-order valence-electron chi connectivity index (χ2n) is 9.03. The molecular formula is C23H30N4O2. The number of rotatable bonds is 4. The Morgan fingerprint density at radius 1 is 1.21 bits per heavy atom. The van der Waals surface area contributed by atoms with E-state index < -0.39 is 0 Å². The lowest BCUT2D eigenvalue weighted by Gasteiger charge is -2.40. The van der Waals surface area contributed by atoms with Gasteiger partial charge in [0.25, 0.3) is 5.91 Å². The van der Waals surface area contributed by atoms with E-state index in [9.17, 15) is 4.79 Å². The van der Waals surface area contributed by atoms with Gasteiger partial charge in [0.05, 0.1) is 7.11 Å². The van der Waals surface area contributed by atoms with Crippen molar-refractivity contribution in [2.24, 2.45) is 5.41 Å². The Kier molecular flexibility index (Phi) is 4.82. The van der Waals surface area contributed by atoms with E-state index in [0.29, 0.717) is 5.69 Å². The van der Waals surface area contributed by atoms with Crippen LogP contribution in [-0.2, 0) is 19.4 Å². The summed E-state index contributed by atoms with van der Waals surface area (Å²) < 4.78 is 5.37. The molecule has 154 valence electrons. The number of methoxy groups -OCH3 is 1. The van der Waals surface area contributed by atoms with E-state index in [1.165, 1.54) is 29.7 Å². The predicted octanol–water partition coefficient (Wildman–Crippen LogP) is 3.04. The van der Waals surface area contributed by atoms with Crippen molar-refractivity contribution in [2.75, 3.05) is 33.3 Å². The van der Waals surface area contributed by atoms with Crippen LogP contribution >= 0.6 is 0 Å². The summed E-state index contributed by atoms with van der Waals surface area (Å²) in [7, 11) is 1.72. The normalized spacial score (nSPS) is 24.2. The maximum atomic E-state index is 13.2. The minimum atomic E-state index is 0.131. The maximum absolute atomic E-state index is 13.2. The number of fused-ring (bicyclic) bond motifs is 1. The summed E-state index contributed by atoms with van der Waals surface area (Å²) in [5, 5.41) is 7.45. The van der Waals surface area contributed by atoms with Crippen molar-refractivity contribution in [3.05, 3.63) is 46.8 Å². The third kappa shape index (κ3) is 3.54. The average molecular weight is 395 g/mol. The van der Waals surface area contributed by atoms with Crippen molar-refractivity contribution in [2.45, 2.75) is 45.1 Å². The summed E-state index contributed by atoms with van der Waals surface area (Å²) in [5.41, 5.74) is 4.54. The van der Waals surface area contributed by atoms with E-state index >= 15 is 0 Å².